The molecule has 1 atom stereocenters. The van der Waals surface area contributed by atoms with Crippen LogP contribution >= 0.6 is 11.8 Å². The first-order chi connectivity index (χ1) is 7.75. The average molecular weight is 241 g/mol. The zero-order valence-electron chi connectivity index (χ0n) is 10.4. The summed E-state index contributed by atoms with van der Waals surface area (Å²) in [6, 6.07) is 0.621. The Morgan fingerprint density at radius 1 is 1.44 bits per heavy atom. The van der Waals surface area contributed by atoms with Crippen LogP contribution in [-0.4, -0.2) is 48.0 Å². The molecule has 0 radical (unpaired) electrons. The second-order valence-corrected chi connectivity index (χ2v) is 6.05. The van der Waals surface area contributed by atoms with Crippen molar-refractivity contribution in [2.24, 2.45) is 10.9 Å². The molecule has 2 fully saturated rings. The first kappa shape index (κ1) is 12.2. The lowest BCUT2D eigenvalue weighted by Gasteiger charge is -2.14. The topological polar surface area (TPSA) is 27.6 Å². The molecule has 2 saturated heterocycles. The molecule has 0 amide bonds. The Labute approximate surface area is 103 Å². The molecule has 0 unspecified atom stereocenters. The summed E-state index contributed by atoms with van der Waals surface area (Å²) in [5, 5.41) is 4.67. The molecular formula is C12H23N3S. The van der Waals surface area contributed by atoms with Crippen molar-refractivity contribution in [2.45, 2.75) is 32.7 Å². The molecule has 2 rings (SSSR count). The fourth-order valence-corrected chi connectivity index (χ4v) is 3.38. The predicted octanol–water partition coefficient (Wildman–Crippen LogP) is 1.80. The van der Waals surface area contributed by atoms with Crippen LogP contribution in [0.4, 0.5) is 0 Å². The van der Waals surface area contributed by atoms with Gasteiger partial charge in [0.2, 0.25) is 0 Å². The summed E-state index contributed by atoms with van der Waals surface area (Å²) < 4.78 is 0. The monoisotopic (exact) mass is 241 g/mol. The van der Waals surface area contributed by atoms with Gasteiger partial charge >= 0.3 is 0 Å². The van der Waals surface area contributed by atoms with Gasteiger partial charge in [0.15, 0.2) is 5.17 Å². The Bertz CT molecular complexity index is 247. The lowest BCUT2D eigenvalue weighted by molar-refractivity contribution is 0.349. The van der Waals surface area contributed by atoms with Crippen LogP contribution in [0.3, 0.4) is 0 Å². The molecule has 1 N–H and O–H groups in total. The van der Waals surface area contributed by atoms with E-state index in [0.717, 1.165) is 18.3 Å². The van der Waals surface area contributed by atoms with Gasteiger partial charge in [0.05, 0.1) is 6.54 Å². The Morgan fingerprint density at radius 2 is 2.19 bits per heavy atom. The van der Waals surface area contributed by atoms with E-state index in [2.05, 4.69) is 29.1 Å². The van der Waals surface area contributed by atoms with Crippen molar-refractivity contribution >= 4 is 16.9 Å². The first-order valence-corrected chi connectivity index (χ1v) is 7.40. The van der Waals surface area contributed by atoms with Crippen LogP contribution in [0.2, 0.25) is 0 Å². The minimum absolute atomic E-state index is 0.621. The molecular weight excluding hydrogens is 218 g/mol. The third-order valence-corrected chi connectivity index (χ3v) is 4.43. The van der Waals surface area contributed by atoms with Crippen LogP contribution in [0.25, 0.3) is 0 Å². The van der Waals surface area contributed by atoms with Crippen LogP contribution < -0.4 is 5.32 Å². The van der Waals surface area contributed by atoms with E-state index in [1.807, 2.05) is 11.8 Å². The van der Waals surface area contributed by atoms with Crippen LogP contribution in [0.5, 0.6) is 0 Å². The maximum Gasteiger partial charge on any atom is 0.156 e. The number of thioether (sulfide) groups is 1. The molecule has 0 aromatic carbocycles. The lowest BCUT2D eigenvalue weighted by atomic mass is 10.1. The van der Waals surface area contributed by atoms with E-state index < -0.39 is 0 Å². The van der Waals surface area contributed by atoms with E-state index in [1.54, 1.807) is 0 Å². The SMILES string of the molecule is CC(C)[C@H]1CSC(=NCCN2CCCC2)N1. The number of hydrogen-bond donors (Lipinski definition) is 1. The molecule has 0 aliphatic carbocycles. The summed E-state index contributed by atoms with van der Waals surface area (Å²) in [5.74, 6) is 1.89. The third-order valence-electron chi connectivity index (χ3n) is 3.38. The van der Waals surface area contributed by atoms with E-state index in [0.29, 0.717) is 12.0 Å². The van der Waals surface area contributed by atoms with Crippen LogP contribution in [0, 0.1) is 5.92 Å². The zero-order valence-corrected chi connectivity index (χ0v) is 11.2. The molecule has 16 heavy (non-hydrogen) atoms. The van der Waals surface area contributed by atoms with Crippen LogP contribution in [0.15, 0.2) is 4.99 Å². The largest absolute Gasteiger partial charge is 0.361 e. The quantitative estimate of drug-likeness (QED) is 0.813. The van der Waals surface area contributed by atoms with Gasteiger partial charge in [-0.05, 0) is 31.8 Å². The highest BCUT2D eigenvalue weighted by Gasteiger charge is 2.22. The molecule has 0 bridgehead atoms. The Kier molecular flexibility index (Phi) is 4.53. The number of hydrogen-bond acceptors (Lipinski definition) is 3. The van der Waals surface area contributed by atoms with Gasteiger partial charge in [0, 0.05) is 18.3 Å². The van der Waals surface area contributed by atoms with E-state index in [1.165, 1.54) is 31.7 Å². The van der Waals surface area contributed by atoms with Crippen molar-refractivity contribution in [1.29, 1.82) is 0 Å². The molecule has 92 valence electrons. The summed E-state index contributed by atoms with van der Waals surface area (Å²) in [4.78, 5) is 7.16. The Balaban J connectivity index is 1.68. The van der Waals surface area contributed by atoms with Crippen molar-refractivity contribution in [3.63, 3.8) is 0 Å². The molecule has 2 heterocycles. The summed E-state index contributed by atoms with van der Waals surface area (Å²) in [6.45, 7) is 9.19. The second-order valence-electron chi connectivity index (χ2n) is 5.04. The normalized spacial score (nSPS) is 29.2. The van der Waals surface area contributed by atoms with Crippen molar-refractivity contribution in [1.82, 2.24) is 10.2 Å². The van der Waals surface area contributed by atoms with Gasteiger partial charge in [-0.15, -0.1) is 0 Å². The van der Waals surface area contributed by atoms with Crippen LogP contribution in [-0.2, 0) is 0 Å². The second kappa shape index (κ2) is 5.92. The minimum Gasteiger partial charge on any atom is -0.361 e. The molecule has 3 nitrogen and oxygen atoms in total. The van der Waals surface area contributed by atoms with Gasteiger partial charge in [0.1, 0.15) is 0 Å². The number of aliphatic imine (C=N–C) groups is 1. The van der Waals surface area contributed by atoms with E-state index in [-0.39, 0.29) is 0 Å². The van der Waals surface area contributed by atoms with Gasteiger partial charge in [-0.25, -0.2) is 0 Å². The number of nitrogens with zero attached hydrogens (tertiary/aromatic N) is 2. The Morgan fingerprint density at radius 3 is 2.81 bits per heavy atom. The van der Waals surface area contributed by atoms with Gasteiger partial charge in [-0.1, -0.05) is 25.6 Å². The van der Waals surface area contributed by atoms with Gasteiger partial charge < -0.3 is 10.2 Å². The van der Waals surface area contributed by atoms with E-state index in [9.17, 15) is 0 Å². The molecule has 2 aliphatic rings. The summed E-state index contributed by atoms with van der Waals surface area (Å²) in [5.41, 5.74) is 0. The maximum atomic E-state index is 4.65. The summed E-state index contributed by atoms with van der Waals surface area (Å²) in [7, 11) is 0. The van der Waals surface area contributed by atoms with E-state index in [4.69, 9.17) is 0 Å². The molecule has 0 aromatic heterocycles. The maximum absolute atomic E-state index is 4.65. The molecule has 2 aliphatic heterocycles. The van der Waals surface area contributed by atoms with Gasteiger partial charge in [-0.2, -0.15) is 0 Å². The van der Waals surface area contributed by atoms with Gasteiger partial charge in [0.25, 0.3) is 0 Å². The standard InChI is InChI=1S/C12H23N3S/c1-10(2)11-9-16-12(14-11)13-5-8-15-6-3-4-7-15/h10-11H,3-9H2,1-2H3,(H,13,14)/t11-/m1/s1. The number of likely N-dealkylation sites (tertiary alicyclic amines) is 1. The molecule has 0 spiro atoms. The fraction of sp³-hybridized carbons (Fsp3) is 0.917. The highest BCUT2D eigenvalue weighted by Crippen LogP contribution is 2.18. The highest BCUT2D eigenvalue weighted by molar-refractivity contribution is 8.14. The van der Waals surface area contributed by atoms with Crippen molar-refractivity contribution in [3.05, 3.63) is 0 Å². The number of nitrogens with one attached hydrogen (secondary N) is 1. The molecule has 4 heteroatoms. The van der Waals surface area contributed by atoms with Crippen molar-refractivity contribution in [3.8, 4) is 0 Å². The van der Waals surface area contributed by atoms with Crippen molar-refractivity contribution < 1.29 is 0 Å². The van der Waals surface area contributed by atoms with Gasteiger partial charge in [-0.3, -0.25) is 4.99 Å². The smallest absolute Gasteiger partial charge is 0.156 e. The number of rotatable bonds is 4. The lowest BCUT2D eigenvalue weighted by Crippen LogP contribution is -2.32. The molecule has 0 saturated carbocycles. The summed E-state index contributed by atoms with van der Waals surface area (Å²) in [6.07, 6.45) is 2.75. The average Bonchev–Trinajstić information content (AvgIpc) is 2.87. The van der Waals surface area contributed by atoms with E-state index >= 15 is 0 Å². The zero-order chi connectivity index (χ0) is 11.4. The van der Waals surface area contributed by atoms with Crippen LogP contribution in [0.1, 0.15) is 26.7 Å². The predicted molar refractivity (Wildman–Crippen MR) is 72.2 cm³/mol. The third kappa shape index (κ3) is 3.39. The van der Waals surface area contributed by atoms with Crippen molar-refractivity contribution in [2.75, 3.05) is 31.9 Å². The Hall–Kier alpha value is -0.220. The first-order valence-electron chi connectivity index (χ1n) is 6.42. The molecule has 0 aromatic rings. The fourth-order valence-electron chi connectivity index (χ4n) is 2.16. The highest BCUT2D eigenvalue weighted by atomic mass is 32.2. The summed E-state index contributed by atoms with van der Waals surface area (Å²) >= 11 is 1.88. The number of amidine groups is 1. The minimum atomic E-state index is 0.621.